The van der Waals surface area contributed by atoms with E-state index in [0.717, 1.165) is 11.1 Å². The largest absolute Gasteiger partial charge is 0.289 e. The van der Waals surface area contributed by atoms with E-state index in [-0.39, 0.29) is 11.2 Å². The average molecular weight is 212 g/mol. The van der Waals surface area contributed by atoms with Crippen molar-refractivity contribution < 1.29 is 4.79 Å². The number of benzene rings is 1. The van der Waals surface area contributed by atoms with Gasteiger partial charge in [-0.15, -0.1) is 0 Å². The predicted octanol–water partition coefficient (Wildman–Crippen LogP) is 3.75. The van der Waals surface area contributed by atoms with E-state index in [1.807, 2.05) is 18.2 Å². The van der Waals surface area contributed by atoms with E-state index in [9.17, 15) is 4.79 Å². The molecule has 0 N–H and O–H groups in total. The van der Waals surface area contributed by atoms with E-state index in [2.05, 4.69) is 33.4 Å². The molecular weight excluding hydrogens is 196 g/mol. The molecule has 0 heterocycles. The van der Waals surface area contributed by atoms with Gasteiger partial charge in [0.25, 0.3) is 0 Å². The number of rotatable bonds is 1. The molecule has 0 unspecified atom stereocenters. The number of carbonyl (C=O) groups excluding carboxylic acids is 1. The Kier molecular flexibility index (Phi) is 2.34. The molecule has 16 heavy (non-hydrogen) atoms. The minimum atomic E-state index is 0.0756. The van der Waals surface area contributed by atoms with Gasteiger partial charge in [-0.3, -0.25) is 4.79 Å². The first-order valence-corrected chi connectivity index (χ1v) is 5.47. The van der Waals surface area contributed by atoms with Gasteiger partial charge >= 0.3 is 0 Å². The Morgan fingerprint density at radius 3 is 2.50 bits per heavy atom. The molecule has 0 atom stereocenters. The van der Waals surface area contributed by atoms with Crippen molar-refractivity contribution in [3.63, 3.8) is 0 Å². The van der Waals surface area contributed by atoms with Crippen molar-refractivity contribution in [3.05, 3.63) is 53.1 Å². The first kappa shape index (κ1) is 10.9. The molecule has 1 aliphatic rings. The van der Waals surface area contributed by atoms with E-state index in [4.69, 9.17) is 0 Å². The molecule has 0 bridgehead atoms. The fourth-order valence-corrected chi connectivity index (χ4v) is 1.89. The Hall–Kier alpha value is -1.63. The first-order chi connectivity index (χ1) is 7.43. The second-order valence-corrected chi connectivity index (χ2v) is 5.18. The standard InChI is InChI=1S/C15H16O/c1-5-10-8-11-6-7-12(15(2,3)4)9-13(11)14(10)16/h5-9H,1H2,2-4H3. The summed E-state index contributed by atoms with van der Waals surface area (Å²) in [7, 11) is 0. The van der Waals surface area contributed by atoms with Gasteiger partial charge in [-0.25, -0.2) is 0 Å². The summed E-state index contributed by atoms with van der Waals surface area (Å²) < 4.78 is 0. The molecule has 1 aliphatic carbocycles. The van der Waals surface area contributed by atoms with E-state index in [1.165, 1.54) is 5.56 Å². The third kappa shape index (κ3) is 1.63. The molecule has 0 amide bonds. The van der Waals surface area contributed by atoms with Gasteiger partial charge in [0.1, 0.15) is 0 Å². The molecule has 1 nitrogen and oxygen atoms in total. The van der Waals surface area contributed by atoms with Crippen LogP contribution >= 0.6 is 0 Å². The van der Waals surface area contributed by atoms with Crippen LogP contribution in [0.2, 0.25) is 0 Å². The average Bonchev–Trinajstić information content (AvgIpc) is 2.54. The van der Waals surface area contributed by atoms with Gasteiger partial charge < -0.3 is 0 Å². The van der Waals surface area contributed by atoms with Gasteiger partial charge in [0.2, 0.25) is 0 Å². The van der Waals surface area contributed by atoms with E-state index >= 15 is 0 Å². The number of ketones is 1. The normalized spacial score (nSPS) is 14.7. The quantitative estimate of drug-likeness (QED) is 0.693. The molecule has 1 aromatic carbocycles. The fourth-order valence-electron chi connectivity index (χ4n) is 1.89. The topological polar surface area (TPSA) is 17.1 Å². The van der Waals surface area contributed by atoms with Gasteiger partial charge in [-0.1, -0.05) is 45.6 Å². The van der Waals surface area contributed by atoms with Crippen LogP contribution < -0.4 is 0 Å². The molecule has 0 aliphatic heterocycles. The van der Waals surface area contributed by atoms with Crippen LogP contribution in [0.3, 0.4) is 0 Å². The van der Waals surface area contributed by atoms with Crippen molar-refractivity contribution in [2.24, 2.45) is 0 Å². The van der Waals surface area contributed by atoms with Crippen molar-refractivity contribution in [3.8, 4) is 0 Å². The summed E-state index contributed by atoms with van der Waals surface area (Å²) >= 11 is 0. The van der Waals surface area contributed by atoms with E-state index in [1.54, 1.807) is 6.08 Å². The van der Waals surface area contributed by atoms with Gasteiger partial charge in [0.15, 0.2) is 5.78 Å². The number of hydrogen-bond donors (Lipinski definition) is 0. The second kappa shape index (κ2) is 3.44. The molecule has 82 valence electrons. The van der Waals surface area contributed by atoms with E-state index < -0.39 is 0 Å². The SMILES string of the molecule is C=CC1=Cc2ccc(C(C)(C)C)cc2C1=O. The Labute approximate surface area is 96.5 Å². The van der Waals surface area contributed by atoms with Crippen LogP contribution in [0, 0.1) is 0 Å². The molecular formula is C15H16O. The Balaban J connectivity index is 2.52. The Bertz CT molecular complexity index is 499. The highest BCUT2D eigenvalue weighted by atomic mass is 16.1. The van der Waals surface area contributed by atoms with Crippen LogP contribution in [-0.4, -0.2) is 5.78 Å². The molecule has 2 rings (SSSR count). The van der Waals surface area contributed by atoms with Crippen LogP contribution in [0.5, 0.6) is 0 Å². The van der Waals surface area contributed by atoms with Crippen molar-refractivity contribution in [1.82, 2.24) is 0 Å². The second-order valence-electron chi connectivity index (χ2n) is 5.18. The lowest BCUT2D eigenvalue weighted by Gasteiger charge is -2.19. The molecule has 0 radical (unpaired) electrons. The maximum absolute atomic E-state index is 12.0. The summed E-state index contributed by atoms with van der Waals surface area (Å²) in [6.45, 7) is 10.1. The minimum absolute atomic E-state index is 0.0756. The zero-order valence-corrected chi connectivity index (χ0v) is 10.0. The fraction of sp³-hybridized carbons (Fsp3) is 0.267. The monoisotopic (exact) mass is 212 g/mol. The van der Waals surface area contributed by atoms with Crippen LogP contribution in [0.15, 0.2) is 36.4 Å². The van der Waals surface area contributed by atoms with Crippen LogP contribution in [0.1, 0.15) is 42.3 Å². The third-order valence-electron chi connectivity index (χ3n) is 2.96. The molecule has 0 aromatic heterocycles. The molecule has 0 spiro atoms. The number of hydrogen-bond acceptors (Lipinski definition) is 1. The lowest BCUT2D eigenvalue weighted by atomic mass is 9.85. The summed E-state index contributed by atoms with van der Waals surface area (Å²) in [4.78, 5) is 12.0. The Morgan fingerprint density at radius 2 is 1.94 bits per heavy atom. The van der Waals surface area contributed by atoms with Crippen molar-refractivity contribution >= 4 is 11.9 Å². The lowest BCUT2D eigenvalue weighted by molar-refractivity contribution is 0.104. The number of Topliss-reactive ketones (excluding diaryl/α,β-unsaturated/α-hetero) is 1. The highest BCUT2D eigenvalue weighted by Crippen LogP contribution is 2.30. The van der Waals surface area contributed by atoms with Crippen molar-refractivity contribution in [2.45, 2.75) is 26.2 Å². The van der Waals surface area contributed by atoms with Crippen LogP contribution in [0.25, 0.3) is 6.08 Å². The lowest BCUT2D eigenvalue weighted by Crippen LogP contribution is -2.12. The predicted molar refractivity (Wildman–Crippen MR) is 67.6 cm³/mol. The Morgan fingerprint density at radius 1 is 1.25 bits per heavy atom. The van der Waals surface area contributed by atoms with Crippen LogP contribution in [0.4, 0.5) is 0 Å². The molecule has 0 saturated heterocycles. The highest BCUT2D eigenvalue weighted by molar-refractivity contribution is 6.19. The van der Waals surface area contributed by atoms with Gasteiger partial charge in [-0.05, 0) is 28.7 Å². The molecule has 1 heteroatoms. The highest BCUT2D eigenvalue weighted by Gasteiger charge is 2.23. The minimum Gasteiger partial charge on any atom is -0.289 e. The maximum atomic E-state index is 12.0. The van der Waals surface area contributed by atoms with Gasteiger partial charge in [0.05, 0.1) is 0 Å². The molecule has 0 saturated carbocycles. The number of carbonyl (C=O) groups is 1. The zero-order valence-electron chi connectivity index (χ0n) is 10.0. The van der Waals surface area contributed by atoms with Crippen molar-refractivity contribution in [2.75, 3.05) is 0 Å². The summed E-state index contributed by atoms with van der Waals surface area (Å²) in [5, 5.41) is 0. The molecule has 0 fully saturated rings. The maximum Gasteiger partial charge on any atom is 0.193 e. The van der Waals surface area contributed by atoms with E-state index in [0.29, 0.717) is 5.57 Å². The summed E-state index contributed by atoms with van der Waals surface area (Å²) in [6, 6.07) is 6.11. The number of allylic oxidation sites excluding steroid dienone is 2. The first-order valence-electron chi connectivity index (χ1n) is 5.47. The number of fused-ring (bicyclic) bond motifs is 1. The smallest absolute Gasteiger partial charge is 0.193 e. The van der Waals surface area contributed by atoms with Crippen LogP contribution in [-0.2, 0) is 5.41 Å². The van der Waals surface area contributed by atoms with Crippen molar-refractivity contribution in [1.29, 1.82) is 0 Å². The summed E-state index contributed by atoms with van der Waals surface area (Å²) in [5.41, 5.74) is 3.78. The zero-order chi connectivity index (χ0) is 11.9. The van der Waals surface area contributed by atoms with Gasteiger partial charge in [-0.2, -0.15) is 0 Å². The molecule has 1 aromatic rings. The third-order valence-corrected chi connectivity index (χ3v) is 2.96. The van der Waals surface area contributed by atoms with Gasteiger partial charge in [0, 0.05) is 11.1 Å². The summed E-state index contributed by atoms with van der Waals surface area (Å²) in [6.07, 6.45) is 3.52. The summed E-state index contributed by atoms with van der Waals surface area (Å²) in [5.74, 6) is 0.0936.